The molecular weight excluding hydrogens is 328 g/mol. The molecule has 0 saturated carbocycles. The second-order valence-corrected chi connectivity index (χ2v) is 16.9. The van der Waals surface area contributed by atoms with E-state index in [1.807, 2.05) is 0 Å². The van der Waals surface area contributed by atoms with Gasteiger partial charge in [-0.25, -0.2) is 0 Å². The van der Waals surface area contributed by atoms with Crippen molar-refractivity contribution in [1.29, 1.82) is 0 Å². The van der Waals surface area contributed by atoms with E-state index in [9.17, 15) is 0 Å². The van der Waals surface area contributed by atoms with E-state index in [1.54, 1.807) is 0 Å². The van der Waals surface area contributed by atoms with E-state index in [2.05, 4.69) is 55.4 Å². The van der Waals surface area contributed by atoms with Crippen LogP contribution in [0.2, 0.25) is 36.3 Å². The van der Waals surface area contributed by atoms with E-state index < -0.39 is 16.6 Å². The van der Waals surface area contributed by atoms with Crippen LogP contribution in [0, 0.1) is 5.92 Å². The van der Waals surface area contributed by atoms with E-state index in [4.69, 9.17) is 8.85 Å². The summed E-state index contributed by atoms with van der Waals surface area (Å²) >= 11 is 0. The molecule has 0 aromatic heterocycles. The first-order valence-corrected chi connectivity index (χ1v) is 15.9. The minimum absolute atomic E-state index is 0.0583. The van der Waals surface area contributed by atoms with E-state index in [-0.39, 0.29) is 6.29 Å². The van der Waals surface area contributed by atoms with Crippen molar-refractivity contribution in [2.75, 3.05) is 0 Å². The van der Waals surface area contributed by atoms with E-state index >= 15 is 0 Å². The minimum atomic E-state index is -1.64. The molecule has 0 atom stereocenters. The van der Waals surface area contributed by atoms with Crippen molar-refractivity contribution in [1.82, 2.24) is 0 Å². The third kappa shape index (κ3) is 6.93. The van der Waals surface area contributed by atoms with Gasteiger partial charge in [0, 0.05) is 5.92 Å². The van der Waals surface area contributed by atoms with Crippen molar-refractivity contribution >= 4 is 16.6 Å². The lowest BCUT2D eigenvalue weighted by Gasteiger charge is -2.42. The number of hydrogen-bond donors (Lipinski definition) is 0. The van der Waals surface area contributed by atoms with Crippen molar-refractivity contribution < 1.29 is 8.85 Å². The molecule has 0 aromatic carbocycles. The third-order valence-electron chi connectivity index (χ3n) is 6.30. The van der Waals surface area contributed by atoms with Gasteiger partial charge in [0.1, 0.15) is 6.29 Å². The van der Waals surface area contributed by atoms with Crippen LogP contribution in [0.3, 0.4) is 0 Å². The van der Waals surface area contributed by atoms with Crippen LogP contribution in [0.1, 0.15) is 81.1 Å². The zero-order valence-electron chi connectivity index (χ0n) is 18.0. The molecular formula is C20H46O2Si2. The molecule has 0 amide bonds. The molecule has 0 aliphatic rings. The summed E-state index contributed by atoms with van der Waals surface area (Å²) in [7, 11) is -3.28. The molecule has 0 aliphatic heterocycles. The Morgan fingerprint density at radius 3 is 1.04 bits per heavy atom. The lowest BCUT2D eigenvalue weighted by molar-refractivity contribution is -0.0635. The summed E-state index contributed by atoms with van der Waals surface area (Å²) in [4.78, 5) is 0. The maximum atomic E-state index is 6.97. The lowest BCUT2D eigenvalue weighted by atomic mass is 9.98. The van der Waals surface area contributed by atoms with Gasteiger partial charge in [0.25, 0.3) is 0 Å². The second kappa shape index (κ2) is 12.7. The molecule has 0 heterocycles. The van der Waals surface area contributed by atoms with Crippen LogP contribution in [-0.2, 0) is 8.85 Å². The summed E-state index contributed by atoms with van der Waals surface area (Å²) < 4.78 is 13.9. The normalized spacial score (nSPS) is 13.2. The zero-order chi connectivity index (χ0) is 18.6. The Hall–Kier alpha value is 0.354. The van der Waals surface area contributed by atoms with E-state index in [1.165, 1.54) is 61.9 Å². The van der Waals surface area contributed by atoms with Crippen LogP contribution in [0.5, 0.6) is 0 Å². The van der Waals surface area contributed by atoms with E-state index in [0.717, 1.165) is 0 Å². The van der Waals surface area contributed by atoms with Crippen LogP contribution in [-0.4, -0.2) is 22.9 Å². The molecule has 4 heteroatoms. The summed E-state index contributed by atoms with van der Waals surface area (Å²) in [6.07, 6.45) is 4.99. The Balaban J connectivity index is 5.55. The number of rotatable bonds is 15. The average Bonchev–Trinajstić information content (AvgIpc) is 2.63. The molecule has 0 saturated heterocycles. The van der Waals surface area contributed by atoms with Crippen molar-refractivity contribution in [3.8, 4) is 0 Å². The Bertz CT molecular complexity index is 257. The van der Waals surface area contributed by atoms with Crippen molar-refractivity contribution in [3.05, 3.63) is 0 Å². The van der Waals surface area contributed by atoms with Gasteiger partial charge in [-0.3, -0.25) is 0 Å². The molecule has 0 unspecified atom stereocenters. The van der Waals surface area contributed by atoms with Gasteiger partial charge in [0.15, 0.2) is 16.6 Å². The highest BCUT2D eigenvalue weighted by atomic mass is 28.4. The molecule has 0 N–H and O–H groups in total. The van der Waals surface area contributed by atoms with Crippen LogP contribution in [0.25, 0.3) is 0 Å². The highest BCUT2D eigenvalue weighted by molar-refractivity contribution is 6.74. The van der Waals surface area contributed by atoms with Gasteiger partial charge in [-0.05, 0) is 49.1 Å². The first-order valence-electron chi connectivity index (χ1n) is 10.8. The number of hydrogen-bond acceptors (Lipinski definition) is 2. The Morgan fingerprint density at radius 1 is 0.542 bits per heavy atom. The maximum absolute atomic E-state index is 6.97. The summed E-state index contributed by atoms with van der Waals surface area (Å²) in [5.41, 5.74) is 0. The third-order valence-corrected chi connectivity index (χ3v) is 15.5. The van der Waals surface area contributed by atoms with Gasteiger partial charge in [0.05, 0.1) is 0 Å². The smallest absolute Gasteiger partial charge is 0.195 e. The molecule has 0 fully saturated rings. The lowest BCUT2D eigenvalue weighted by Crippen LogP contribution is -2.49. The van der Waals surface area contributed by atoms with Gasteiger partial charge in [-0.15, -0.1) is 0 Å². The predicted molar refractivity (Wildman–Crippen MR) is 114 cm³/mol. The van der Waals surface area contributed by atoms with Gasteiger partial charge >= 0.3 is 0 Å². The van der Waals surface area contributed by atoms with Crippen molar-refractivity contribution in [2.45, 2.75) is 124 Å². The molecule has 146 valence electrons. The van der Waals surface area contributed by atoms with Crippen LogP contribution in [0.15, 0.2) is 0 Å². The molecule has 2 nitrogen and oxygen atoms in total. The molecule has 24 heavy (non-hydrogen) atoms. The van der Waals surface area contributed by atoms with Crippen LogP contribution in [0.4, 0.5) is 0 Å². The predicted octanol–water partition coefficient (Wildman–Crippen LogP) is 7.57. The van der Waals surface area contributed by atoms with Gasteiger partial charge in [-0.2, -0.15) is 0 Å². The monoisotopic (exact) mass is 374 g/mol. The largest absolute Gasteiger partial charge is 0.393 e. The SMILES string of the molecule is CCCC(CCC)C(O[Si](CC)(CC)CC)O[Si](CC)(CC)CC. The molecule has 0 rings (SSSR count). The quantitative estimate of drug-likeness (QED) is 0.217. The Labute approximate surface area is 155 Å². The fraction of sp³-hybridized carbons (Fsp3) is 1.00. The Morgan fingerprint density at radius 2 is 0.833 bits per heavy atom. The summed E-state index contributed by atoms with van der Waals surface area (Å²) in [5, 5.41) is 0. The highest BCUT2D eigenvalue weighted by Gasteiger charge is 2.40. The summed E-state index contributed by atoms with van der Waals surface area (Å²) in [6.45, 7) is 18.6. The van der Waals surface area contributed by atoms with Gasteiger partial charge in [0.2, 0.25) is 0 Å². The van der Waals surface area contributed by atoms with Crippen LogP contribution < -0.4 is 0 Å². The first-order chi connectivity index (χ1) is 11.5. The van der Waals surface area contributed by atoms with Gasteiger partial charge in [-0.1, -0.05) is 68.2 Å². The van der Waals surface area contributed by atoms with Crippen LogP contribution >= 0.6 is 0 Å². The molecule has 0 radical (unpaired) electrons. The fourth-order valence-corrected chi connectivity index (χ4v) is 9.43. The van der Waals surface area contributed by atoms with Crippen molar-refractivity contribution in [3.63, 3.8) is 0 Å². The zero-order valence-corrected chi connectivity index (χ0v) is 20.0. The molecule has 0 bridgehead atoms. The first kappa shape index (κ1) is 24.4. The molecule has 0 aromatic rings. The Kier molecular flexibility index (Phi) is 12.9. The topological polar surface area (TPSA) is 18.5 Å². The fourth-order valence-electron chi connectivity index (χ4n) is 3.87. The van der Waals surface area contributed by atoms with E-state index in [0.29, 0.717) is 5.92 Å². The highest BCUT2D eigenvalue weighted by Crippen LogP contribution is 2.34. The minimum Gasteiger partial charge on any atom is -0.393 e. The van der Waals surface area contributed by atoms with Gasteiger partial charge < -0.3 is 8.85 Å². The maximum Gasteiger partial charge on any atom is 0.195 e. The molecule has 0 spiro atoms. The summed E-state index contributed by atoms with van der Waals surface area (Å²) in [6, 6.07) is 7.27. The summed E-state index contributed by atoms with van der Waals surface area (Å²) in [5.74, 6) is 0.577. The standard InChI is InChI=1S/C20H46O2Si2/c1-9-17-19(18-10-2)20(21-23(11-3,12-4)13-5)22-24(14-6,15-7)16-8/h19-20H,9-18H2,1-8H3. The second-order valence-electron chi connectivity index (χ2n) is 7.43. The average molecular weight is 375 g/mol. The molecule has 0 aliphatic carbocycles. The van der Waals surface area contributed by atoms with Crippen molar-refractivity contribution in [2.24, 2.45) is 5.92 Å².